The highest BCUT2D eigenvalue weighted by atomic mass is 19.1. The summed E-state index contributed by atoms with van der Waals surface area (Å²) in [7, 11) is 0. The van der Waals surface area contributed by atoms with Crippen molar-refractivity contribution in [1.82, 2.24) is 0 Å². The zero-order chi connectivity index (χ0) is 12.4. The number of halogens is 2. The van der Waals surface area contributed by atoms with Crippen LogP contribution >= 0.6 is 0 Å². The molecule has 0 heterocycles. The van der Waals surface area contributed by atoms with Gasteiger partial charge in [0.2, 0.25) is 0 Å². The largest absolute Gasteiger partial charge is 0.320 e. The third-order valence-electron chi connectivity index (χ3n) is 2.78. The fourth-order valence-corrected chi connectivity index (χ4v) is 1.83. The van der Waals surface area contributed by atoms with Gasteiger partial charge in [-0.05, 0) is 47.9 Å². The first kappa shape index (κ1) is 11.7. The summed E-state index contributed by atoms with van der Waals surface area (Å²) in [5.74, 6) is -0.676. The van der Waals surface area contributed by atoms with Crippen LogP contribution in [0.1, 0.15) is 22.7 Å². The fourth-order valence-electron chi connectivity index (χ4n) is 1.83. The lowest BCUT2D eigenvalue weighted by Crippen LogP contribution is -2.13. The molecular weight excluding hydrogens is 220 g/mol. The number of hydrogen-bond acceptors (Lipinski definition) is 1. The van der Waals surface area contributed by atoms with Crippen molar-refractivity contribution in [3.05, 3.63) is 70.8 Å². The Hall–Kier alpha value is -1.74. The van der Waals surface area contributed by atoms with Gasteiger partial charge in [0, 0.05) is 0 Å². The van der Waals surface area contributed by atoms with Gasteiger partial charge in [0.15, 0.2) is 0 Å². The molecule has 2 N–H and O–H groups in total. The maximum atomic E-state index is 13.2. The molecule has 0 radical (unpaired) electrons. The van der Waals surface area contributed by atoms with E-state index in [0.717, 1.165) is 5.56 Å². The van der Waals surface area contributed by atoms with Crippen LogP contribution in [0.3, 0.4) is 0 Å². The molecule has 0 aliphatic carbocycles. The Morgan fingerprint density at radius 3 is 2.41 bits per heavy atom. The summed E-state index contributed by atoms with van der Waals surface area (Å²) in [5, 5.41) is 0. The molecule has 0 fully saturated rings. The van der Waals surface area contributed by atoms with E-state index >= 15 is 0 Å². The molecule has 0 aromatic heterocycles. The molecule has 0 bridgehead atoms. The molecule has 0 saturated carbocycles. The Morgan fingerprint density at radius 2 is 1.71 bits per heavy atom. The van der Waals surface area contributed by atoms with Gasteiger partial charge in [-0.1, -0.05) is 18.2 Å². The van der Waals surface area contributed by atoms with Crippen LogP contribution in [0.15, 0.2) is 42.5 Å². The zero-order valence-corrected chi connectivity index (χ0v) is 9.45. The lowest BCUT2D eigenvalue weighted by atomic mass is 9.96. The van der Waals surface area contributed by atoms with Crippen LogP contribution in [0.2, 0.25) is 0 Å². The monoisotopic (exact) mass is 233 g/mol. The standard InChI is InChI=1S/C14H13F2N/c1-9-5-6-12(16)8-13(9)14(17)10-3-2-4-11(15)7-10/h2-8,14H,17H2,1H3. The van der Waals surface area contributed by atoms with E-state index in [9.17, 15) is 8.78 Å². The SMILES string of the molecule is Cc1ccc(F)cc1C(N)c1cccc(F)c1. The van der Waals surface area contributed by atoms with Gasteiger partial charge in [0.25, 0.3) is 0 Å². The molecule has 2 aromatic rings. The van der Waals surface area contributed by atoms with Crippen molar-refractivity contribution in [3.63, 3.8) is 0 Å². The molecule has 1 atom stereocenters. The van der Waals surface area contributed by atoms with Crippen molar-refractivity contribution in [2.45, 2.75) is 13.0 Å². The lowest BCUT2D eigenvalue weighted by Gasteiger charge is -2.15. The van der Waals surface area contributed by atoms with Crippen molar-refractivity contribution in [1.29, 1.82) is 0 Å². The number of aryl methyl sites for hydroxylation is 1. The van der Waals surface area contributed by atoms with Gasteiger partial charge in [-0.25, -0.2) is 8.78 Å². The number of rotatable bonds is 2. The molecule has 88 valence electrons. The minimum atomic E-state index is -0.513. The van der Waals surface area contributed by atoms with Crippen molar-refractivity contribution >= 4 is 0 Å². The van der Waals surface area contributed by atoms with Crippen LogP contribution in [0, 0.1) is 18.6 Å². The second kappa shape index (κ2) is 4.63. The number of hydrogen-bond donors (Lipinski definition) is 1. The van der Waals surface area contributed by atoms with Crippen LogP contribution in [-0.4, -0.2) is 0 Å². The highest BCUT2D eigenvalue weighted by Gasteiger charge is 2.12. The molecule has 1 nitrogen and oxygen atoms in total. The van der Waals surface area contributed by atoms with Crippen LogP contribution in [0.25, 0.3) is 0 Å². The number of benzene rings is 2. The summed E-state index contributed by atoms with van der Waals surface area (Å²) < 4.78 is 26.3. The zero-order valence-electron chi connectivity index (χ0n) is 9.45. The molecule has 0 amide bonds. The summed E-state index contributed by atoms with van der Waals surface area (Å²) in [6, 6.07) is 9.99. The lowest BCUT2D eigenvalue weighted by molar-refractivity contribution is 0.619. The first-order chi connectivity index (χ1) is 8.08. The van der Waals surface area contributed by atoms with E-state index in [2.05, 4.69) is 0 Å². The first-order valence-corrected chi connectivity index (χ1v) is 5.35. The quantitative estimate of drug-likeness (QED) is 0.846. The second-order valence-electron chi connectivity index (χ2n) is 4.03. The summed E-state index contributed by atoms with van der Waals surface area (Å²) in [6.45, 7) is 1.86. The van der Waals surface area contributed by atoms with Gasteiger partial charge in [-0.15, -0.1) is 0 Å². The highest BCUT2D eigenvalue weighted by Crippen LogP contribution is 2.23. The average molecular weight is 233 g/mol. The fraction of sp³-hybridized carbons (Fsp3) is 0.143. The van der Waals surface area contributed by atoms with Crippen molar-refractivity contribution in [2.75, 3.05) is 0 Å². The maximum Gasteiger partial charge on any atom is 0.123 e. The van der Waals surface area contributed by atoms with Crippen molar-refractivity contribution in [2.24, 2.45) is 5.73 Å². The first-order valence-electron chi connectivity index (χ1n) is 5.35. The summed E-state index contributed by atoms with van der Waals surface area (Å²) >= 11 is 0. The summed E-state index contributed by atoms with van der Waals surface area (Å²) in [4.78, 5) is 0. The third-order valence-corrected chi connectivity index (χ3v) is 2.78. The van der Waals surface area contributed by atoms with E-state index in [4.69, 9.17) is 5.73 Å². The van der Waals surface area contributed by atoms with E-state index in [1.54, 1.807) is 18.2 Å². The Morgan fingerprint density at radius 1 is 1.00 bits per heavy atom. The molecule has 1 unspecified atom stereocenters. The molecule has 17 heavy (non-hydrogen) atoms. The minimum absolute atomic E-state index is 0.336. The van der Waals surface area contributed by atoms with Crippen LogP contribution < -0.4 is 5.73 Å². The van der Waals surface area contributed by atoms with E-state index < -0.39 is 6.04 Å². The van der Waals surface area contributed by atoms with Gasteiger partial charge in [-0.3, -0.25) is 0 Å². The maximum absolute atomic E-state index is 13.2. The summed E-state index contributed by atoms with van der Waals surface area (Å²) in [6.07, 6.45) is 0. The van der Waals surface area contributed by atoms with E-state index in [-0.39, 0.29) is 11.6 Å². The van der Waals surface area contributed by atoms with Crippen LogP contribution in [0.5, 0.6) is 0 Å². The molecule has 0 aliphatic heterocycles. The Bertz CT molecular complexity index is 537. The Balaban J connectivity index is 2.43. The Kier molecular flexibility index (Phi) is 3.20. The highest BCUT2D eigenvalue weighted by molar-refractivity contribution is 5.36. The predicted octanol–water partition coefficient (Wildman–Crippen LogP) is 3.32. The molecule has 0 saturated heterocycles. The van der Waals surface area contributed by atoms with Crippen LogP contribution in [-0.2, 0) is 0 Å². The molecule has 2 rings (SSSR count). The molecule has 2 aromatic carbocycles. The van der Waals surface area contributed by atoms with Gasteiger partial charge < -0.3 is 5.73 Å². The normalized spacial score (nSPS) is 12.5. The molecule has 0 spiro atoms. The Labute approximate surface area is 98.9 Å². The smallest absolute Gasteiger partial charge is 0.123 e. The average Bonchev–Trinajstić information content (AvgIpc) is 2.31. The van der Waals surface area contributed by atoms with Gasteiger partial charge in [0.1, 0.15) is 11.6 Å². The number of nitrogens with two attached hydrogens (primary N) is 1. The topological polar surface area (TPSA) is 26.0 Å². The van der Waals surface area contributed by atoms with Crippen molar-refractivity contribution in [3.8, 4) is 0 Å². The molecule has 3 heteroatoms. The van der Waals surface area contributed by atoms with Crippen molar-refractivity contribution < 1.29 is 8.78 Å². The van der Waals surface area contributed by atoms with Crippen LogP contribution in [0.4, 0.5) is 8.78 Å². The third kappa shape index (κ3) is 2.50. The van der Waals surface area contributed by atoms with Gasteiger partial charge in [-0.2, -0.15) is 0 Å². The predicted molar refractivity (Wildman–Crippen MR) is 63.6 cm³/mol. The van der Waals surface area contributed by atoms with E-state index in [1.807, 2.05) is 6.92 Å². The molecule has 0 aliphatic rings. The van der Waals surface area contributed by atoms with E-state index in [1.165, 1.54) is 24.3 Å². The van der Waals surface area contributed by atoms with Gasteiger partial charge >= 0.3 is 0 Å². The van der Waals surface area contributed by atoms with Gasteiger partial charge in [0.05, 0.1) is 6.04 Å². The van der Waals surface area contributed by atoms with E-state index in [0.29, 0.717) is 11.1 Å². The minimum Gasteiger partial charge on any atom is -0.320 e. The second-order valence-corrected chi connectivity index (χ2v) is 4.03. The molecular formula is C14H13F2N. The summed E-state index contributed by atoms with van der Waals surface area (Å²) in [5.41, 5.74) is 8.23.